The molecule has 0 aromatic heterocycles. The zero-order valence-corrected chi connectivity index (χ0v) is 17.9. The van der Waals surface area contributed by atoms with Gasteiger partial charge in [0.2, 0.25) is 5.91 Å². The van der Waals surface area contributed by atoms with Crippen LogP contribution in [-0.4, -0.2) is 92.1 Å². The minimum absolute atomic E-state index is 0.0663. The van der Waals surface area contributed by atoms with Gasteiger partial charge in [-0.1, -0.05) is 34.6 Å². The summed E-state index contributed by atoms with van der Waals surface area (Å²) in [5.74, 6) is -2.36. The molecule has 7 heteroatoms. The van der Waals surface area contributed by atoms with Gasteiger partial charge in [-0.3, -0.25) is 14.6 Å². The Morgan fingerprint density at radius 3 is 2.37 bits per heavy atom. The molecule has 27 heavy (non-hydrogen) atoms. The van der Waals surface area contributed by atoms with Crippen LogP contribution >= 0.6 is 0 Å². The molecule has 2 rings (SSSR count). The Hall–Kier alpha value is -0.790. The third kappa shape index (κ3) is 6.95. The zero-order valence-electron chi connectivity index (χ0n) is 17.9. The standard InChI is InChI=1S/C20H37F2N3O2/c1-18(2,3)17(26)23(6)7-8-24-9-10-27-16(12-24)11-19(4,5)13-25-14-20(21,22)15-25/h16H,7-15H2,1-6H3. The van der Waals surface area contributed by atoms with Crippen molar-refractivity contribution in [1.29, 1.82) is 0 Å². The summed E-state index contributed by atoms with van der Waals surface area (Å²) in [6.07, 6.45) is 0.960. The van der Waals surface area contributed by atoms with Crippen molar-refractivity contribution in [3.05, 3.63) is 0 Å². The monoisotopic (exact) mass is 389 g/mol. The molecule has 0 aromatic rings. The van der Waals surface area contributed by atoms with Crippen LogP contribution in [0.1, 0.15) is 41.0 Å². The first-order valence-electron chi connectivity index (χ1n) is 9.97. The molecule has 0 N–H and O–H groups in total. The highest BCUT2D eigenvalue weighted by molar-refractivity contribution is 5.81. The summed E-state index contributed by atoms with van der Waals surface area (Å²) in [6, 6.07) is 0. The van der Waals surface area contributed by atoms with Crippen molar-refractivity contribution in [2.75, 3.05) is 59.5 Å². The molecule has 0 bridgehead atoms. The summed E-state index contributed by atoms with van der Waals surface area (Å²) in [5, 5.41) is 0. The van der Waals surface area contributed by atoms with Crippen molar-refractivity contribution < 1.29 is 18.3 Å². The maximum absolute atomic E-state index is 13.1. The summed E-state index contributed by atoms with van der Waals surface area (Å²) < 4.78 is 32.0. The fourth-order valence-electron chi connectivity index (χ4n) is 4.08. The summed E-state index contributed by atoms with van der Waals surface area (Å²) in [4.78, 5) is 18.3. The summed E-state index contributed by atoms with van der Waals surface area (Å²) >= 11 is 0. The minimum Gasteiger partial charge on any atom is -0.376 e. The first-order valence-corrected chi connectivity index (χ1v) is 9.97. The molecule has 0 saturated carbocycles. The predicted molar refractivity (Wildman–Crippen MR) is 103 cm³/mol. The number of carbonyl (C=O) groups excluding carboxylic acids is 1. The molecule has 5 nitrogen and oxygen atoms in total. The van der Waals surface area contributed by atoms with E-state index in [1.165, 1.54) is 0 Å². The number of likely N-dealkylation sites (tertiary alicyclic amines) is 1. The zero-order chi connectivity index (χ0) is 20.5. The number of hydrogen-bond acceptors (Lipinski definition) is 4. The highest BCUT2D eigenvalue weighted by atomic mass is 19.3. The number of likely N-dealkylation sites (N-methyl/N-ethyl adjacent to an activating group) is 1. The van der Waals surface area contributed by atoms with Crippen LogP contribution in [0.3, 0.4) is 0 Å². The maximum Gasteiger partial charge on any atom is 0.272 e. The third-order valence-corrected chi connectivity index (χ3v) is 5.30. The quantitative estimate of drug-likeness (QED) is 0.671. The van der Waals surface area contributed by atoms with Crippen molar-refractivity contribution >= 4 is 5.91 Å². The van der Waals surface area contributed by atoms with Gasteiger partial charge < -0.3 is 9.64 Å². The van der Waals surface area contributed by atoms with Gasteiger partial charge >= 0.3 is 0 Å². The SMILES string of the molecule is CN(CCN1CCOC(CC(C)(C)CN2CC(F)(F)C2)C1)C(=O)C(C)(C)C. The van der Waals surface area contributed by atoms with Gasteiger partial charge in [0, 0.05) is 45.2 Å². The van der Waals surface area contributed by atoms with Crippen LogP contribution < -0.4 is 0 Å². The average Bonchev–Trinajstić information content (AvgIpc) is 2.48. The highest BCUT2D eigenvalue weighted by Crippen LogP contribution is 2.33. The summed E-state index contributed by atoms with van der Waals surface area (Å²) in [7, 11) is 1.86. The molecular formula is C20H37F2N3O2. The van der Waals surface area contributed by atoms with E-state index in [4.69, 9.17) is 4.74 Å². The lowest BCUT2D eigenvalue weighted by atomic mass is 9.84. The lowest BCUT2D eigenvalue weighted by Gasteiger charge is -2.44. The van der Waals surface area contributed by atoms with E-state index in [0.717, 1.165) is 26.1 Å². The fraction of sp³-hybridized carbons (Fsp3) is 0.950. The smallest absolute Gasteiger partial charge is 0.272 e. The lowest BCUT2D eigenvalue weighted by Crippen LogP contribution is -2.58. The minimum atomic E-state index is -2.51. The number of hydrogen-bond donors (Lipinski definition) is 0. The molecule has 2 heterocycles. The first kappa shape index (κ1) is 22.5. The Balaban J connectivity index is 1.75. The van der Waals surface area contributed by atoms with Crippen LogP contribution in [0.2, 0.25) is 0 Å². The van der Waals surface area contributed by atoms with E-state index in [1.807, 2.05) is 32.7 Å². The number of amides is 1. The van der Waals surface area contributed by atoms with Crippen LogP contribution in [0, 0.1) is 10.8 Å². The lowest BCUT2D eigenvalue weighted by molar-refractivity contribution is -0.142. The molecule has 1 unspecified atom stereocenters. The van der Waals surface area contributed by atoms with Crippen LogP contribution in [0.15, 0.2) is 0 Å². The summed E-state index contributed by atoms with van der Waals surface area (Å²) in [5.41, 5.74) is -0.427. The van der Waals surface area contributed by atoms with E-state index in [0.29, 0.717) is 19.7 Å². The van der Waals surface area contributed by atoms with Gasteiger partial charge in [-0.2, -0.15) is 0 Å². The molecule has 158 valence electrons. The van der Waals surface area contributed by atoms with Gasteiger partial charge in [0.1, 0.15) is 0 Å². The van der Waals surface area contributed by atoms with Crippen molar-refractivity contribution in [3.63, 3.8) is 0 Å². The van der Waals surface area contributed by atoms with E-state index in [1.54, 1.807) is 4.90 Å². The number of alkyl halides is 2. The average molecular weight is 390 g/mol. The molecule has 2 fully saturated rings. The third-order valence-electron chi connectivity index (χ3n) is 5.30. The predicted octanol–water partition coefficient (Wildman–Crippen LogP) is 2.56. The number of morpholine rings is 1. The molecule has 2 aliphatic heterocycles. The number of carbonyl (C=O) groups is 1. The summed E-state index contributed by atoms with van der Waals surface area (Å²) in [6.45, 7) is 14.4. The molecule has 0 spiro atoms. The van der Waals surface area contributed by atoms with Crippen LogP contribution in [-0.2, 0) is 9.53 Å². The van der Waals surface area contributed by atoms with Gasteiger partial charge in [0.15, 0.2) is 0 Å². The molecule has 1 amide bonds. The topological polar surface area (TPSA) is 36.0 Å². The van der Waals surface area contributed by atoms with E-state index in [9.17, 15) is 13.6 Å². The van der Waals surface area contributed by atoms with Crippen LogP contribution in [0.5, 0.6) is 0 Å². The number of ether oxygens (including phenoxy) is 1. The maximum atomic E-state index is 13.1. The Kier molecular flexibility index (Phi) is 6.91. The van der Waals surface area contributed by atoms with Gasteiger partial charge in [-0.05, 0) is 11.8 Å². The van der Waals surface area contributed by atoms with E-state index >= 15 is 0 Å². The molecular weight excluding hydrogens is 352 g/mol. The molecule has 0 aliphatic carbocycles. The normalized spacial score (nSPS) is 24.5. The Labute approximate surface area is 163 Å². The van der Waals surface area contributed by atoms with Gasteiger partial charge in [0.25, 0.3) is 5.92 Å². The Morgan fingerprint density at radius 1 is 1.19 bits per heavy atom. The first-order chi connectivity index (χ1) is 12.3. The van der Waals surface area contributed by atoms with Crippen molar-refractivity contribution in [2.45, 2.75) is 53.1 Å². The molecule has 2 aliphatic rings. The largest absolute Gasteiger partial charge is 0.376 e. The second-order valence-electron chi connectivity index (χ2n) is 10.1. The molecule has 0 radical (unpaired) electrons. The van der Waals surface area contributed by atoms with Crippen molar-refractivity contribution in [3.8, 4) is 0 Å². The van der Waals surface area contributed by atoms with Gasteiger partial charge in [0.05, 0.1) is 25.8 Å². The number of nitrogens with zero attached hydrogens (tertiary/aromatic N) is 3. The van der Waals surface area contributed by atoms with Crippen LogP contribution in [0.4, 0.5) is 8.78 Å². The Morgan fingerprint density at radius 2 is 1.81 bits per heavy atom. The molecule has 0 aromatic carbocycles. The molecule has 1 atom stereocenters. The number of rotatable bonds is 7. The Bertz CT molecular complexity index is 512. The highest BCUT2D eigenvalue weighted by Gasteiger charge is 2.45. The van der Waals surface area contributed by atoms with Gasteiger partial charge in [-0.15, -0.1) is 0 Å². The van der Waals surface area contributed by atoms with E-state index < -0.39 is 5.92 Å². The van der Waals surface area contributed by atoms with Gasteiger partial charge in [-0.25, -0.2) is 8.78 Å². The van der Waals surface area contributed by atoms with Crippen molar-refractivity contribution in [2.24, 2.45) is 10.8 Å². The van der Waals surface area contributed by atoms with E-state index in [2.05, 4.69) is 18.7 Å². The second kappa shape index (κ2) is 8.29. The fourth-order valence-corrected chi connectivity index (χ4v) is 4.08. The number of halogens is 2. The second-order valence-corrected chi connectivity index (χ2v) is 10.1. The van der Waals surface area contributed by atoms with E-state index in [-0.39, 0.29) is 35.9 Å². The molecule has 2 saturated heterocycles. The van der Waals surface area contributed by atoms with Crippen LogP contribution in [0.25, 0.3) is 0 Å². The van der Waals surface area contributed by atoms with Crippen molar-refractivity contribution in [1.82, 2.24) is 14.7 Å².